The van der Waals surface area contributed by atoms with Gasteiger partial charge < -0.3 is 16.8 Å². The standard InChI is InChI=1S/C31H38N6S/c1-6-20-11-7-9-13-24(20)35-29(32)23-18-34-37-19-21(22-12-8-10-14-26(22)38-5)17-25(37)28(23)36-27-15-16-31(4,33)30(27,2)3/h7-14,17-19,27,36H,6,15-16,33H2,1-5H3,(H2,32,35)/t27?,31-/m0/s1. The number of hydrogen-bond acceptors (Lipinski definition) is 5. The van der Waals surface area contributed by atoms with E-state index < -0.39 is 0 Å². The van der Waals surface area contributed by atoms with Crippen molar-refractivity contribution in [1.82, 2.24) is 9.61 Å². The molecule has 1 unspecified atom stereocenters. The number of nitrogens with one attached hydrogen (secondary N) is 1. The number of aromatic nitrogens is 2. The van der Waals surface area contributed by atoms with Crippen LogP contribution in [0.3, 0.4) is 0 Å². The van der Waals surface area contributed by atoms with E-state index in [0.717, 1.165) is 52.8 Å². The van der Waals surface area contributed by atoms with E-state index in [-0.39, 0.29) is 17.0 Å². The number of aryl methyl sites for hydroxylation is 1. The highest BCUT2D eigenvalue weighted by Crippen LogP contribution is 2.46. The summed E-state index contributed by atoms with van der Waals surface area (Å²) < 4.78 is 1.94. The molecule has 2 aromatic carbocycles. The highest BCUT2D eigenvalue weighted by Gasteiger charge is 2.49. The van der Waals surface area contributed by atoms with Crippen LogP contribution in [0.15, 0.2) is 76.9 Å². The van der Waals surface area contributed by atoms with Crippen LogP contribution in [0.5, 0.6) is 0 Å². The molecule has 0 bridgehead atoms. The third-order valence-corrected chi connectivity index (χ3v) is 9.35. The molecular formula is C31H38N6S. The minimum atomic E-state index is -0.266. The Hall–Kier alpha value is -3.29. The minimum absolute atomic E-state index is 0.119. The first-order chi connectivity index (χ1) is 18.2. The van der Waals surface area contributed by atoms with Gasteiger partial charge in [-0.15, -0.1) is 11.8 Å². The summed E-state index contributed by atoms with van der Waals surface area (Å²) in [7, 11) is 0. The number of nitrogens with zero attached hydrogens (tertiary/aromatic N) is 3. The van der Waals surface area contributed by atoms with Gasteiger partial charge >= 0.3 is 0 Å². The van der Waals surface area contributed by atoms with Crippen LogP contribution < -0.4 is 16.8 Å². The van der Waals surface area contributed by atoms with Crippen molar-refractivity contribution in [3.8, 4) is 11.1 Å². The fraction of sp³-hybridized carbons (Fsp3) is 0.355. The summed E-state index contributed by atoms with van der Waals surface area (Å²) in [4.78, 5) is 6.10. The number of amidine groups is 1. The number of benzene rings is 2. The van der Waals surface area contributed by atoms with Crippen molar-refractivity contribution in [1.29, 1.82) is 0 Å². The maximum Gasteiger partial charge on any atom is 0.135 e. The van der Waals surface area contributed by atoms with Crippen molar-refractivity contribution in [2.24, 2.45) is 21.9 Å². The van der Waals surface area contributed by atoms with Crippen molar-refractivity contribution in [2.45, 2.75) is 63.4 Å². The lowest BCUT2D eigenvalue weighted by molar-refractivity contribution is 0.215. The molecule has 7 heteroatoms. The fourth-order valence-electron chi connectivity index (χ4n) is 5.49. The van der Waals surface area contributed by atoms with Crippen LogP contribution >= 0.6 is 11.8 Å². The molecule has 5 rings (SSSR count). The molecule has 4 aromatic rings. The number of hydrogen-bond donors (Lipinski definition) is 3. The van der Waals surface area contributed by atoms with Gasteiger partial charge in [0.05, 0.1) is 28.7 Å². The lowest BCUT2D eigenvalue weighted by Gasteiger charge is -2.39. The molecule has 0 aliphatic heterocycles. The van der Waals surface area contributed by atoms with Crippen LogP contribution in [0.4, 0.5) is 11.4 Å². The van der Waals surface area contributed by atoms with E-state index in [2.05, 4.69) is 81.9 Å². The molecule has 1 saturated carbocycles. The normalized spacial score (nSPS) is 21.2. The highest BCUT2D eigenvalue weighted by molar-refractivity contribution is 7.98. The quantitative estimate of drug-likeness (QED) is 0.143. The smallest absolute Gasteiger partial charge is 0.135 e. The molecule has 198 valence electrons. The van der Waals surface area contributed by atoms with Crippen molar-refractivity contribution in [3.05, 3.63) is 78.1 Å². The average Bonchev–Trinajstić information content (AvgIpc) is 3.43. The Balaban J connectivity index is 1.67. The molecule has 2 atom stereocenters. The fourth-order valence-corrected chi connectivity index (χ4v) is 6.11. The van der Waals surface area contributed by atoms with E-state index in [1.165, 1.54) is 10.5 Å². The van der Waals surface area contributed by atoms with Gasteiger partial charge in [0.2, 0.25) is 0 Å². The van der Waals surface area contributed by atoms with Crippen LogP contribution in [0.25, 0.3) is 16.6 Å². The molecule has 6 nitrogen and oxygen atoms in total. The number of para-hydroxylation sites is 1. The third-order valence-electron chi connectivity index (χ3n) is 8.56. The molecule has 0 spiro atoms. The zero-order valence-corrected chi connectivity index (χ0v) is 23.8. The highest BCUT2D eigenvalue weighted by atomic mass is 32.2. The van der Waals surface area contributed by atoms with E-state index in [1.807, 2.05) is 28.9 Å². The second-order valence-electron chi connectivity index (χ2n) is 11.0. The molecule has 5 N–H and O–H groups in total. The second kappa shape index (κ2) is 10.1. The van der Waals surface area contributed by atoms with Gasteiger partial charge in [-0.05, 0) is 61.8 Å². The minimum Gasteiger partial charge on any atom is -0.383 e. The average molecular weight is 527 g/mol. The number of fused-ring (bicyclic) bond motifs is 1. The molecule has 0 saturated heterocycles. The van der Waals surface area contributed by atoms with Crippen molar-refractivity contribution >= 4 is 34.5 Å². The predicted octanol–water partition coefficient (Wildman–Crippen LogP) is 6.64. The molecule has 38 heavy (non-hydrogen) atoms. The summed E-state index contributed by atoms with van der Waals surface area (Å²) in [6.07, 6.45) is 8.84. The van der Waals surface area contributed by atoms with Gasteiger partial charge in [0.15, 0.2) is 0 Å². The molecule has 1 aliphatic rings. The Morgan fingerprint density at radius 1 is 1.16 bits per heavy atom. The van der Waals surface area contributed by atoms with E-state index in [1.54, 1.807) is 11.8 Å². The monoisotopic (exact) mass is 526 g/mol. The maximum atomic E-state index is 6.75. The summed E-state index contributed by atoms with van der Waals surface area (Å²) in [5, 5.41) is 8.65. The summed E-state index contributed by atoms with van der Waals surface area (Å²) in [5.74, 6) is 0.446. The molecule has 1 aliphatic carbocycles. The number of rotatable bonds is 7. The summed E-state index contributed by atoms with van der Waals surface area (Å²) >= 11 is 1.74. The van der Waals surface area contributed by atoms with Gasteiger partial charge in [0.25, 0.3) is 0 Å². The van der Waals surface area contributed by atoms with Crippen molar-refractivity contribution < 1.29 is 0 Å². The van der Waals surface area contributed by atoms with Gasteiger partial charge in [0, 0.05) is 33.7 Å². The summed E-state index contributed by atoms with van der Waals surface area (Å²) in [5.41, 5.74) is 20.2. The first-order valence-electron chi connectivity index (χ1n) is 13.3. The lowest BCUT2D eigenvalue weighted by atomic mass is 9.75. The largest absolute Gasteiger partial charge is 0.383 e. The van der Waals surface area contributed by atoms with Crippen LogP contribution in [0.2, 0.25) is 0 Å². The predicted molar refractivity (Wildman–Crippen MR) is 162 cm³/mol. The third kappa shape index (κ3) is 4.58. The van der Waals surface area contributed by atoms with E-state index in [4.69, 9.17) is 21.6 Å². The van der Waals surface area contributed by atoms with Crippen LogP contribution in [-0.2, 0) is 6.42 Å². The summed E-state index contributed by atoms with van der Waals surface area (Å²) in [6.45, 7) is 8.79. The molecule has 0 amide bonds. The van der Waals surface area contributed by atoms with E-state index in [0.29, 0.717) is 5.84 Å². The first kappa shape index (κ1) is 26.3. The first-order valence-corrected chi connectivity index (χ1v) is 14.5. The Labute approximate surface area is 229 Å². The van der Waals surface area contributed by atoms with Crippen molar-refractivity contribution in [3.63, 3.8) is 0 Å². The maximum absolute atomic E-state index is 6.75. The zero-order valence-electron chi connectivity index (χ0n) is 23.0. The Morgan fingerprint density at radius 2 is 1.89 bits per heavy atom. The summed E-state index contributed by atoms with van der Waals surface area (Å²) in [6, 6.07) is 19.0. The second-order valence-corrected chi connectivity index (χ2v) is 11.9. The number of aliphatic imine (C=N–C) groups is 1. The van der Waals surface area contributed by atoms with Gasteiger partial charge in [-0.2, -0.15) is 5.10 Å². The van der Waals surface area contributed by atoms with Crippen molar-refractivity contribution in [2.75, 3.05) is 11.6 Å². The van der Waals surface area contributed by atoms with Gasteiger partial charge in [-0.3, -0.25) is 0 Å². The Bertz CT molecular complexity index is 1500. The number of nitrogens with two attached hydrogens (primary N) is 2. The van der Waals surface area contributed by atoms with E-state index in [9.17, 15) is 0 Å². The van der Waals surface area contributed by atoms with Gasteiger partial charge in [-0.25, -0.2) is 9.51 Å². The van der Waals surface area contributed by atoms with Crippen LogP contribution in [0.1, 0.15) is 51.7 Å². The SMILES string of the molecule is CCc1ccccc1N=C(N)c1cnn2cc(-c3ccccc3SC)cc2c1NC1CC[C@](C)(N)C1(C)C. The van der Waals surface area contributed by atoms with E-state index >= 15 is 0 Å². The Morgan fingerprint density at radius 3 is 2.61 bits per heavy atom. The van der Waals surface area contributed by atoms with Gasteiger partial charge in [-0.1, -0.05) is 57.2 Å². The number of thioether (sulfide) groups is 1. The number of anilines is 1. The van der Waals surface area contributed by atoms with Crippen LogP contribution in [0, 0.1) is 5.41 Å². The Kier molecular flexibility index (Phi) is 7.01. The van der Waals surface area contributed by atoms with Crippen LogP contribution in [-0.4, -0.2) is 33.3 Å². The molecule has 1 fully saturated rings. The van der Waals surface area contributed by atoms with Gasteiger partial charge in [0.1, 0.15) is 5.84 Å². The lowest BCUT2D eigenvalue weighted by Crippen LogP contribution is -2.51. The topological polar surface area (TPSA) is 93.7 Å². The molecule has 2 heterocycles. The molecule has 0 radical (unpaired) electrons. The molecular weight excluding hydrogens is 488 g/mol. The molecule has 2 aromatic heterocycles. The zero-order chi connectivity index (χ0) is 27.1.